The zero-order valence-corrected chi connectivity index (χ0v) is 14.2. The number of imidazole rings is 1. The molecule has 1 aromatic heterocycles. The number of rotatable bonds is 9. The molecule has 0 aliphatic heterocycles. The van der Waals surface area contributed by atoms with Crippen LogP contribution in [-0.2, 0) is 7.05 Å². The number of hydrogen-bond donors (Lipinski definition) is 0. The lowest BCUT2D eigenvalue weighted by atomic mass is 10.2. The van der Waals surface area contributed by atoms with E-state index in [2.05, 4.69) is 24.6 Å². The van der Waals surface area contributed by atoms with Gasteiger partial charge in [-0.3, -0.25) is 0 Å². The molecule has 0 saturated heterocycles. The molecule has 21 heavy (non-hydrogen) atoms. The molecule has 1 aromatic carbocycles. The maximum atomic E-state index is 5.54. The highest BCUT2D eigenvalue weighted by atomic mass is 32.2. The predicted octanol–water partition coefficient (Wildman–Crippen LogP) is 5.03. The van der Waals surface area contributed by atoms with E-state index in [1.165, 1.54) is 37.6 Å². The van der Waals surface area contributed by atoms with Gasteiger partial charge in [-0.05, 0) is 25.5 Å². The van der Waals surface area contributed by atoms with Crippen LogP contribution in [0.15, 0.2) is 23.4 Å². The summed E-state index contributed by atoms with van der Waals surface area (Å²) in [5.41, 5.74) is 2.20. The number of aromatic nitrogens is 2. The van der Waals surface area contributed by atoms with Crippen molar-refractivity contribution in [3.63, 3.8) is 0 Å². The normalized spacial score (nSPS) is 11.2. The van der Waals surface area contributed by atoms with Gasteiger partial charge in [0.05, 0.1) is 17.6 Å². The van der Waals surface area contributed by atoms with Crippen molar-refractivity contribution in [1.82, 2.24) is 9.55 Å². The molecule has 0 aliphatic carbocycles. The van der Waals surface area contributed by atoms with Gasteiger partial charge in [0.15, 0.2) is 5.16 Å². The second-order valence-electron chi connectivity index (χ2n) is 5.30. The SMILES string of the molecule is CCCCCCCSc1nc2cc(OCC)ccc2n1C. The van der Waals surface area contributed by atoms with Crippen LogP contribution in [-0.4, -0.2) is 21.9 Å². The lowest BCUT2D eigenvalue weighted by Gasteiger charge is -2.03. The summed E-state index contributed by atoms with van der Waals surface area (Å²) in [6.07, 6.45) is 6.63. The van der Waals surface area contributed by atoms with Crippen molar-refractivity contribution in [3.8, 4) is 5.75 Å². The largest absolute Gasteiger partial charge is 0.494 e. The van der Waals surface area contributed by atoms with Crippen molar-refractivity contribution in [3.05, 3.63) is 18.2 Å². The first-order valence-electron chi connectivity index (χ1n) is 7.98. The molecule has 3 nitrogen and oxygen atoms in total. The summed E-state index contributed by atoms with van der Waals surface area (Å²) in [5.74, 6) is 2.05. The van der Waals surface area contributed by atoms with Gasteiger partial charge in [0, 0.05) is 18.9 Å². The van der Waals surface area contributed by atoms with Gasteiger partial charge in [-0.1, -0.05) is 44.4 Å². The Bertz CT molecular complexity index is 565. The van der Waals surface area contributed by atoms with Crippen LogP contribution < -0.4 is 4.74 Å². The van der Waals surface area contributed by atoms with E-state index in [9.17, 15) is 0 Å². The van der Waals surface area contributed by atoms with E-state index in [1.54, 1.807) is 0 Å². The predicted molar refractivity (Wildman–Crippen MR) is 91.4 cm³/mol. The third-order valence-electron chi connectivity index (χ3n) is 3.60. The first-order chi connectivity index (χ1) is 10.3. The Balaban J connectivity index is 1.95. The topological polar surface area (TPSA) is 27.1 Å². The summed E-state index contributed by atoms with van der Waals surface area (Å²) < 4.78 is 7.73. The lowest BCUT2D eigenvalue weighted by Crippen LogP contribution is -1.92. The van der Waals surface area contributed by atoms with E-state index in [0.29, 0.717) is 6.61 Å². The van der Waals surface area contributed by atoms with Crippen LogP contribution in [0, 0.1) is 0 Å². The minimum absolute atomic E-state index is 0.692. The molecule has 0 bridgehead atoms. The van der Waals surface area contributed by atoms with Gasteiger partial charge in [-0.15, -0.1) is 0 Å². The van der Waals surface area contributed by atoms with Gasteiger partial charge in [0.1, 0.15) is 5.75 Å². The van der Waals surface area contributed by atoms with E-state index in [-0.39, 0.29) is 0 Å². The Morgan fingerprint density at radius 3 is 2.71 bits per heavy atom. The summed E-state index contributed by atoms with van der Waals surface area (Å²) in [6.45, 7) is 4.95. The van der Waals surface area contributed by atoms with Crippen molar-refractivity contribution in [2.24, 2.45) is 7.05 Å². The van der Waals surface area contributed by atoms with Crippen LogP contribution in [0.3, 0.4) is 0 Å². The van der Waals surface area contributed by atoms with Crippen LogP contribution in [0.4, 0.5) is 0 Å². The van der Waals surface area contributed by atoms with Crippen LogP contribution in [0.2, 0.25) is 0 Å². The fourth-order valence-corrected chi connectivity index (χ4v) is 3.40. The lowest BCUT2D eigenvalue weighted by molar-refractivity contribution is 0.340. The summed E-state index contributed by atoms with van der Waals surface area (Å²) in [5, 5.41) is 1.11. The highest BCUT2D eigenvalue weighted by Gasteiger charge is 2.09. The Kier molecular flexibility index (Phi) is 6.43. The maximum Gasteiger partial charge on any atom is 0.168 e. The smallest absolute Gasteiger partial charge is 0.168 e. The average molecular weight is 306 g/mol. The fourth-order valence-electron chi connectivity index (χ4n) is 2.41. The van der Waals surface area contributed by atoms with Crippen molar-refractivity contribution in [2.75, 3.05) is 12.4 Å². The molecule has 116 valence electrons. The van der Waals surface area contributed by atoms with Gasteiger partial charge in [-0.25, -0.2) is 4.98 Å². The number of benzene rings is 1. The van der Waals surface area contributed by atoms with E-state index < -0.39 is 0 Å². The quantitative estimate of drug-likeness (QED) is 0.480. The third kappa shape index (κ3) is 4.40. The van der Waals surface area contributed by atoms with Crippen molar-refractivity contribution < 1.29 is 4.74 Å². The number of ether oxygens (including phenoxy) is 1. The van der Waals surface area contributed by atoms with Crippen LogP contribution in [0.25, 0.3) is 11.0 Å². The molecule has 2 rings (SSSR count). The van der Waals surface area contributed by atoms with E-state index >= 15 is 0 Å². The molecule has 0 N–H and O–H groups in total. The van der Waals surface area contributed by atoms with E-state index in [4.69, 9.17) is 9.72 Å². The summed E-state index contributed by atoms with van der Waals surface area (Å²) in [4.78, 5) is 4.74. The Hall–Kier alpha value is -1.16. The molecule has 4 heteroatoms. The number of fused-ring (bicyclic) bond motifs is 1. The third-order valence-corrected chi connectivity index (χ3v) is 4.72. The van der Waals surface area contributed by atoms with Gasteiger partial charge in [-0.2, -0.15) is 0 Å². The van der Waals surface area contributed by atoms with Gasteiger partial charge in [0.2, 0.25) is 0 Å². The molecular weight excluding hydrogens is 280 g/mol. The number of nitrogens with zero attached hydrogens (tertiary/aromatic N) is 2. The highest BCUT2D eigenvalue weighted by molar-refractivity contribution is 7.99. The molecule has 0 spiro atoms. The van der Waals surface area contributed by atoms with Crippen molar-refractivity contribution >= 4 is 22.8 Å². The van der Waals surface area contributed by atoms with Gasteiger partial charge < -0.3 is 9.30 Å². The molecule has 2 aromatic rings. The number of aryl methyl sites for hydroxylation is 1. The molecular formula is C17H26N2OS. The first-order valence-corrected chi connectivity index (χ1v) is 8.97. The summed E-state index contributed by atoms with van der Waals surface area (Å²) in [7, 11) is 2.09. The Morgan fingerprint density at radius 1 is 1.14 bits per heavy atom. The van der Waals surface area contributed by atoms with Crippen LogP contribution in [0.1, 0.15) is 46.0 Å². The summed E-state index contributed by atoms with van der Waals surface area (Å²) >= 11 is 1.86. The van der Waals surface area contributed by atoms with E-state index in [0.717, 1.165) is 22.2 Å². The van der Waals surface area contributed by atoms with Crippen LogP contribution >= 0.6 is 11.8 Å². The molecule has 0 amide bonds. The molecule has 0 atom stereocenters. The zero-order chi connectivity index (χ0) is 15.1. The molecule has 0 radical (unpaired) electrons. The Labute approximate surface area is 132 Å². The van der Waals surface area contributed by atoms with Crippen molar-refractivity contribution in [1.29, 1.82) is 0 Å². The zero-order valence-electron chi connectivity index (χ0n) is 13.4. The van der Waals surface area contributed by atoms with Gasteiger partial charge >= 0.3 is 0 Å². The average Bonchev–Trinajstić information content (AvgIpc) is 2.79. The Morgan fingerprint density at radius 2 is 1.95 bits per heavy atom. The summed E-state index contributed by atoms with van der Waals surface area (Å²) in [6, 6.07) is 6.15. The minimum Gasteiger partial charge on any atom is -0.494 e. The molecule has 0 unspecified atom stereocenters. The number of hydrogen-bond acceptors (Lipinski definition) is 3. The standard InChI is InChI=1S/C17H26N2OS/c1-4-6-7-8-9-12-21-17-18-15-13-14(20-5-2)10-11-16(15)19(17)3/h10-11,13H,4-9,12H2,1-3H3. The fraction of sp³-hybridized carbons (Fsp3) is 0.588. The number of unbranched alkanes of at least 4 members (excludes halogenated alkanes) is 4. The molecule has 0 aliphatic rings. The maximum absolute atomic E-state index is 5.54. The second kappa shape index (κ2) is 8.32. The monoisotopic (exact) mass is 306 g/mol. The molecule has 0 saturated carbocycles. The number of thioether (sulfide) groups is 1. The first kappa shape index (κ1) is 16.2. The second-order valence-corrected chi connectivity index (χ2v) is 6.36. The minimum atomic E-state index is 0.692. The van der Waals surface area contributed by atoms with E-state index in [1.807, 2.05) is 30.8 Å². The van der Waals surface area contributed by atoms with Crippen molar-refractivity contribution in [2.45, 2.75) is 51.1 Å². The highest BCUT2D eigenvalue weighted by Crippen LogP contribution is 2.26. The van der Waals surface area contributed by atoms with Gasteiger partial charge in [0.25, 0.3) is 0 Å². The molecule has 1 heterocycles. The van der Waals surface area contributed by atoms with Crippen LogP contribution in [0.5, 0.6) is 5.75 Å². The molecule has 0 fully saturated rings.